The van der Waals surface area contributed by atoms with Gasteiger partial charge in [-0.3, -0.25) is 0 Å². The quantitative estimate of drug-likeness (QED) is 0.764. The molecule has 0 fully saturated rings. The van der Waals surface area contributed by atoms with Crippen LogP contribution in [0.5, 0.6) is 0 Å². The fourth-order valence-electron chi connectivity index (χ4n) is 2.07. The monoisotopic (exact) mass is 254 g/mol. The lowest BCUT2D eigenvalue weighted by molar-refractivity contribution is 0.324. The summed E-state index contributed by atoms with van der Waals surface area (Å²) in [6.45, 7) is 4.02. The first-order chi connectivity index (χ1) is 9.34. The van der Waals surface area contributed by atoms with E-state index in [-0.39, 0.29) is 0 Å². The summed E-state index contributed by atoms with van der Waals surface area (Å²) in [5.41, 5.74) is 2.71. The lowest BCUT2D eigenvalue weighted by atomic mass is 10.2. The molecule has 2 aromatic carbocycles. The van der Waals surface area contributed by atoms with E-state index in [2.05, 4.69) is 77.9 Å². The smallest absolute Gasteiger partial charge is 0.0231 e. The van der Waals surface area contributed by atoms with Gasteiger partial charge in [0.15, 0.2) is 0 Å². The topological polar surface area (TPSA) is 15.3 Å². The van der Waals surface area contributed by atoms with Gasteiger partial charge in [-0.1, -0.05) is 60.7 Å². The summed E-state index contributed by atoms with van der Waals surface area (Å²) < 4.78 is 0. The van der Waals surface area contributed by atoms with E-state index in [9.17, 15) is 0 Å². The zero-order chi connectivity index (χ0) is 13.3. The maximum absolute atomic E-state index is 3.48. The maximum atomic E-state index is 3.48. The largest absolute Gasteiger partial charge is 0.311 e. The first kappa shape index (κ1) is 13.8. The molecule has 0 unspecified atom stereocenters. The number of hydrogen-bond donors (Lipinski definition) is 1. The lowest BCUT2D eigenvalue weighted by Gasteiger charge is -2.17. The normalized spacial score (nSPS) is 10.8. The minimum absolute atomic E-state index is 0.944. The van der Waals surface area contributed by atoms with Crippen molar-refractivity contribution in [3.05, 3.63) is 71.8 Å². The van der Waals surface area contributed by atoms with Gasteiger partial charge in [-0.05, 0) is 18.2 Å². The number of nitrogens with one attached hydrogen (secondary N) is 1. The van der Waals surface area contributed by atoms with Crippen LogP contribution in [0.1, 0.15) is 11.1 Å². The van der Waals surface area contributed by atoms with Crippen molar-refractivity contribution in [3.8, 4) is 0 Å². The first-order valence-electron chi connectivity index (χ1n) is 6.82. The van der Waals surface area contributed by atoms with Crippen molar-refractivity contribution in [1.29, 1.82) is 0 Å². The second kappa shape index (κ2) is 7.72. The summed E-state index contributed by atoms with van der Waals surface area (Å²) in [5, 5.41) is 3.48. The molecule has 0 saturated carbocycles. The highest BCUT2D eigenvalue weighted by molar-refractivity contribution is 5.15. The van der Waals surface area contributed by atoms with Crippen LogP contribution in [0.3, 0.4) is 0 Å². The molecule has 0 heterocycles. The second-order valence-electron chi connectivity index (χ2n) is 4.89. The van der Waals surface area contributed by atoms with Crippen LogP contribution in [0, 0.1) is 0 Å². The molecule has 2 heteroatoms. The van der Waals surface area contributed by atoms with Gasteiger partial charge in [-0.25, -0.2) is 0 Å². The van der Waals surface area contributed by atoms with Crippen LogP contribution in [0.4, 0.5) is 0 Å². The fourth-order valence-corrected chi connectivity index (χ4v) is 2.07. The molecule has 0 atom stereocenters. The van der Waals surface area contributed by atoms with Gasteiger partial charge in [0.2, 0.25) is 0 Å². The number of hydrogen-bond acceptors (Lipinski definition) is 2. The van der Waals surface area contributed by atoms with Crippen LogP contribution in [-0.2, 0) is 13.1 Å². The van der Waals surface area contributed by atoms with Crippen LogP contribution in [0.2, 0.25) is 0 Å². The van der Waals surface area contributed by atoms with E-state index >= 15 is 0 Å². The molecule has 19 heavy (non-hydrogen) atoms. The van der Waals surface area contributed by atoms with E-state index in [1.165, 1.54) is 11.1 Å². The minimum Gasteiger partial charge on any atom is -0.311 e. The molecule has 0 spiro atoms. The van der Waals surface area contributed by atoms with Gasteiger partial charge in [-0.2, -0.15) is 0 Å². The van der Waals surface area contributed by atoms with Gasteiger partial charge >= 0.3 is 0 Å². The van der Waals surface area contributed by atoms with Gasteiger partial charge < -0.3 is 10.2 Å². The highest BCUT2D eigenvalue weighted by Gasteiger charge is 1.99. The Morgan fingerprint density at radius 2 is 1.42 bits per heavy atom. The molecular weight excluding hydrogens is 232 g/mol. The van der Waals surface area contributed by atoms with E-state index in [0.717, 1.165) is 26.2 Å². The standard InChI is InChI=1S/C17H22N2/c1-19(15-17-10-6-3-7-11-17)13-12-18-14-16-8-4-2-5-9-16/h2-11,18H,12-15H2,1H3. The van der Waals surface area contributed by atoms with Crippen molar-refractivity contribution in [2.45, 2.75) is 13.1 Å². The average Bonchev–Trinajstić information content (AvgIpc) is 2.46. The summed E-state index contributed by atoms with van der Waals surface area (Å²) in [6.07, 6.45) is 0. The van der Waals surface area contributed by atoms with Crippen LogP contribution >= 0.6 is 0 Å². The Morgan fingerprint density at radius 3 is 2.05 bits per heavy atom. The first-order valence-corrected chi connectivity index (χ1v) is 6.82. The van der Waals surface area contributed by atoms with E-state index in [1.54, 1.807) is 0 Å². The molecule has 100 valence electrons. The Hall–Kier alpha value is -1.64. The molecule has 0 aliphatic rings. The molecule has 0 radical (unpaired) electrons. The Morgan fingerprint density at radius 1 is 0.842 bits per heavy atom. The van der Waals surface area contributed by atoms with Crippen LogP contribution < -0.4 is 5.32 Å². The average molecular weight is 254 g/mol. The second-order valence-corrected chi connectivity index (χ2v) is 4.89. The maximum Gasteiger partial charge on any atom is 0.0231 e. The summed E-state index contributed by atoms with van der Waals surface area (Å²) in [7, 11) is 2.16. The summed E-state index contributed by atoms with van der Waals surface area (Å²) >= 11 is 0. The van der Waals surface area contributed by atoms with Gasteiger partial charge in [-0.15, -0.1) is 0 Å². The molecule has 0 bridgehead atoms. The van der Waals surface area contributed by atoms with Crippen molar-refractivity contribution in [2.24, 2.45) is 0 Å². The highest BCUT2D eigenvalue weighted by atomic mass is 15.1. The van der Waals surface area contributed by atoms with Gasteiger partial charge in [0.25, 0.3) is 0 Å². The van der Waals surface area contributed by atoms with Gasteiger partial charge in [0, 0.05) is 26.2 Å². The molecule has 2 rings (SSSR count). The zero-order valence-electron chi connectivity index (χ0n) is 11.5. The molecular formula is C17H22N2. The Balaban J connectivity index is 1.63. The zero-order valence-corrected chi connectivity index (χ0v) is 11.5. The summed E-state index contributed by atoms with van der Waals surface area (Å²) in [5.74, 6) is 0. The van der Waals surface area contributed by atoms with Crippen molar-refractivity contribution in [1.82, 2.24) is 10.2 Å². The predicted octanol–water partition coefficient (Wildman–Crippen LogP) is 2.91. The Kier molecular flexibility index (Phi) is 5.60. The number of nitrogens with zero attached hydrogens (tertiary/aromatic N) is 1. The third-order valence-corrected chi connectivity index (χ3v) is 3.14. The number of benzene rings is 2. The molecule has 0 amide bonds. The van der Waals surface area contributed by atoms with Crippen molar-refractivity contribution < 1.29 is 0 Å². The minimum atomic E-state index is 0.944. The van der Waals surface area contributed by atoms with Crippen LogP contribution in [0.25, 0.3) is 0 Å². The molecule has 0 aromatic heterocycles. The molecule has 0 aliphatic carbocycles. The van der Waals surface area contributed by atoms with Gasteiger partial charge in [0.05, 0.1) is 0 Å². The Bertz CT molecular complexity index is 453. The molecule has 2 aromatic rings. The summed E-state index contributed by atoms with van der Waals surface area (Å²) in [4.78, 5) is 2.34. The number of rotatable bonds is 7. The molecule has 2 nitrogen and oxygen atoms in total. The lowest BCUT2D eigenvalue weighted by Crippen LogP contribution is -2.28. The highest BCUT2D eigenvalue weighted by Crippen LogP contribution is 2.02. The van der Waals surface area contributed by atoms with E-state index in [4.69, 9.17) is 0 Å². The SMILES string of the molecule is CN(CCNCc1ccccc1)Cc1ccccc1. The van der Waals surface area contributed by atoms with Crippen LogP contribution in [0.15, 0.2) is 60.7 Å². The van der Waals surface area contributed by atoms with Crippen molar-refractivity contribution >= 4 is 0 Å². The third kappa shape index (κ3) is 5.25. The van der Waals surface area contributed by atoms with Crippen molar-refractivity contribution in [3.63, 3.8) is 0 Å². The molecule has 1 N–H and O–H groups in total. The van der Waals surface area contributed by atoms with Crippen molar-refractivity contribution in [2.75, 3.05) is 20.1 Å². The van der Waals surface area contributed by atoms with Gasteiger partial charge in [0.1, 0.15) is 0 Å². The molecule has 0 aliphatic heterocycles. The van der Waals surface area contributed by atoms with E-state index in [0.29, 0.717) is 0 Å². The van der Waals surface area contributed by atoms with E-state index < -0.39 is 0 Å². The fraction of sp³-hybridized carbons (Fsp3) is 0.294. The predicted molar refractivity (Wildman–Crippen MR) is 80.9 cm³/mol. The Labute approximate surface area is 116 Å². The van der Waals surface area contributed by atoms with E-state index in [1.807, 2.05) is 0 Å². The van der Waals surface area contributed by atoms with Crippen LogP contribution in [-0.4, -0.2) is 25.0 Å². The number of likely N-dealkylation sites (N-methyl/N-ethyl adjacent to an activating group) is 1. The third-order valence-electron chi connectivity index (χ3n) is 3.14. The molecule has 0 saturated heterocycles. The summed E-state index contributed by atoms with van der Waals surface area (Å²) in [6, 6.07) is 21.1.